The van der Waals surface area contributed by atoms with Crippen molar-refractivity contribution in [1.29, 1.82) is 0 Å². The third-order valence-electron chi connectivity index (χ3n) is 5.21. The van der Waals surface area contributed by atoms with E-state index < -0.39 is 0 Å². The number of nitrogens with zero attached hydrogens (tertiary/aromatic N) is 2. The molecule has 2 aliphatic rings. The second kappa shape index (κ2) is 7.15. The molecule has 0 radical (unpaired) electrons. The highest BCUT2D eigenvalue weighted by molar-refractivity contribution is 5.93. The van der Waals surface area contributed by atoms with E-state index in [1.807, 2.05) is 35.9 Å². The maximum absolute atomic E-state index is 13.1. The molecular weight excluding hydrogens is 354 g/mol. The summed E-state index contributed by atoms with van der Waals surface area (Å²) in [5.74, 6) is 1.91. The first-order valence-electron chi connectivity index (χ1n) is 10.1. The van der Waals surface area contributed by atoms with Gasteiger partial charge in [-0.2, -0.15) is 5.10 Å². The van der Waals surface area contributed by atoms with Crippen molar-refractivity contribution in [3.63, 3.8) is 0 Å². The molecule has 1 aliphatic heterocycles. The van der Waals surface area contributed by atoms with Gasteiger partial charge in [0.25, 0.3) is 5.91 Å². The summed E-state index contributed by atoms with van der Waals surface area (Å²) in [4.78, 5) is 13.1. The molecule has 1 aliphatic carbocycles. The van der Waals surface area contributed by atoms with Crippen LogP contribution >= 0.6 is 0 Å². The summed E-state index contributed by atoms with van der Waals surface area (Å²) < 4.78 is 13.3. The molecule has 0 bridgehead atoms. The van der Waals surface area contributed by atoms with Gasteiger partial charge in [-0.25, -0.2) is 0 Å². The van der Waals surface area contributed by atoms with E-state index in [-0.39, 0.29) is 17.5 Å². The van der Waals surface area contributed by atoms with Crippen LogP contribution in [0.4, 0.5) is 0 Å². The van der Waals surface area contributed by atoms with Crippen LogP contribution in [0.25, 0.3) is 0 Å². The molecule has 1 saturated carbocycles. The lowest BCUT2D eigenvalue weighted by Gasteiger charge is -2.23. The molecule has 2 aromatic rings. The zero-order valence-corrected chi connectivity index (χ0v) is 17.1. The molecule has 2 heterocycles. The Kier molecular flexibility index (Phi) is 4.81. The molecule has 1 atom stereocenters. The van der Waals surface area contributed by atoms with Crippen LogP contribution in [0.3, 0.4) is 0 Å². The van der Waals surface area contributed by atoms with Gasteiger partial charge in [0, 0.05) is 12.3 Å². The van der Waals surface area contributed by atoms with Crippen LogP contribution in [0.2, 0.25) is 0 Å². The number of benzene rings is 1. The normalized spacial score (nSPS) is 17.7. The number of rotatable bonds is 4. The Labute approximate surface area is 166 Å². The summed E-state index contributed by atoms with van der Waals surface area (Å²) in [6, 6.07) is 7.66. The quantitative estimate of drug-likeness (QED) is 0.861. The molecule has 1 unspecified atom stereocenters. The van der Waals surface area contributed by atoms with Gasteiger partial charge in [-0.1, -0.05) is 6.07 Å². The molecule has 6 nitrogen and oxygen atoms in total. The van der Waals surface area contributed by atoms with Crippen molar-refractivity contribution in [3.05, 3.63) is 41.2 Å². The average molecular weight is 383 g/mol. The van der Waals surface area contributed by atoms with Crippen LogP contribution in [-0.2, 0) is 5.54 Å². The molecule has 1 fully saturated rings. The Morgan fingerprint density at radius 3 is 2.57 bits per heavy atom. The van der Waals surface area contributed by atoms with E-state index in [0.717, 1.165) is 42.0 Å². The molecule has 1 N–H and O–H groups in total. The Bertz CT molecular complexity index is 878. The second-order valence-electron chi connectivity index (χ2n) is 8.76. The lowest BCUT2D eigenvalue weighted by atomic mass is 10.1. The zero-order chi connectivity index (χ0) is 19.9. The van der Waals surface area contributed by atoms with Crippen molar-refractivity contribution in [2.24, 2.45) is 0 Å². The summed E-state index contributed by atoms with van der Waals surface area (Å²) in [5, 5.41) is 7.86. The summed E-state index contributed by atoms with van der Waals surface area (Å²) in [7, 11) is 0. The fourth-order valence-electron chi connectivity index (χ4n) is 3.45. The summed E-state index contributed by atoms with van der Waals surface area (Å²) in [6.45, 7) is 9.50. The van der Waals surface area contributed by atoms with Crippen LogP contribution in [0.5, 0.6) is 11.5 Å². The number of nitrogens with one attached hydrogen (secondary N) is 1. The highest BCUT2D eigenvalue weighted by atomic mass is 16.5. The predicted octanol–water partition coefficient (Wildman–Crippen LogP) is 4.17. The van der Waals surface area contributed by atoms with Gasteiger partial charge in [-0.3, -0.25) is 9.48 Å². The van der Waals surface area contributed by atoms with Crippen LogP contribution in [0.15, 0.2) is 24.3 Å². The van der Waals surface area contributed by atoms with Gasteiger partial charge < -0.3 is 14.8 Å². The molecular formula is C22H29N3O3. The molecule has 150 valence electrons. The molecule has 4 rings (SSSR count). The molecule has 1 aromatic carbocycles. The largest absolute Gasteiger partial charge is 0.490 e. The Balaban J connectivity index is 1.54. The minimum Gasteiger partial charge on any atom is -0.490 e. The van der Waals surface area contributed by atoms with E-state index in [2.05, 4.69) is 26.1 Å². The zero-order valence-electron chi connectivity index (χ0n) is 17.1. The van der Waals surface area contributed by atoms with Gasteiger partial charge >= 0.3 is 0 Å². The fraction of sp³-hybridized carbons (Fsp3) is 0.545. The van der Waals surface area contributed by atoms with Gasteiger partial charge in [0.05, 0.1) is 30.5 Å². The Morgan fingerprint density at radius 1 is 1.18 bits per heavy atom. The van der Waals surface area contributed by atoms with E-state index in [4.69, 9.17) is 14.6 Å². The lowest BCUT2D eigenvalue weighted by Crippen LogP contribution is -2.33. The van der Waals surface area contributed by atoms with Gasteiger partial charge in [0.1, 0.15) is 5.69 Å². The summed E-state index contributed by atoms with van der Waals surface area (Å²) in [5.41, 5.74) is 2.39. The maximum atomic E-state index is 13.1. The first kappa shape index (κ1) is 18.8. The van der Waals surface area contributed by atoms with Gasteiger partial charge in [0.15, 0.2) is 11.5 Å². The van der Waals surface area contributed by atoms with Crippen molar-refractivity contribution in [2.75, 3.05) is 13.2 Å². The predicted molar refractivity (Wildman–Crippen MR) is 107 cm³/mol. The first-order chi connectivity index (χ1) is 13.3. The van der Waals surface area contributed by atoms with Crippen molar-refractivity contribution >= 4 is 5.91 Å². The molecule has 1 aromatic heterocycles. The van der Waals surface area contributed by atoms with Crippen LogP contribution < -0.4 is 14.8 Å². The Hall–Kier alpha value is -2.50. The number of hydrogen-bond acceptors (Lipinski definition) is 4. The number of aromatic nitrogens is 2. The highest BCUT2D eigenvalue weighted by Gasteiger charge is 2.31. The average Bonchev–Trinajstić information content (AvgIpc) is 3.42. The standard InChI is InChI=1S/C22H29N3O3/c1-14(16-8-9-19-20(12-16)28-11-5-10-27-19)23-21(26)18-13-17(15-6-7-15)24-25(18)22(2,3)4/h8-9,12-15H,5-7,10-11H2,1-4H3,(H,23,26). The van der Waals surface area contributed by atoms with Crippen LogP contribution in [-0.4, -0.2) is 28.9 Å². The number of carbonyl (C=O) groups is 1. The number of carbonyl (C=O) groups excluding carboxylic acids is 1. The minimum atomic E-state index is -0.252. The number of hydrogen-bond donors (Lipinski definition) is 1. The first-order valence-corrected chi connectivity index (χ1v) is 10.1. The monoisotopic (exact) mass is 383 g/mol. The highest BCUT2D eigenvalue weighted by Crippen LogP contribution is 2.40. The molecule has 1 amide bonds. The van der Waals surface area contributed by atoms with Crippen molar-refractivity contribution < 1.29 is 14.3 Å². The molecule has 6 heteroatoms. The summed E-state index contributed by atoms with van der Waals surface area (Å²) >= 11 is 0. The van der Waals surface area contributed by atoms with Crippen molar-refractivity contribution in [1.82, 2.24) is 15.1 Å². The molecule has 0 saturated heterocycles. The summed E-state index contributed by atoms with van der Waals surface area (Å²) in [6.07, 6.45) is 3.20. The van der Waals surface area contributed by atoms with Gasteiger partial charge in [-0.15, -0.1) is 0 Å². The van der Waals surface area contributed by atoms with Gasteiger partial charge in [-0.05, 0) is 64.3 Å². The lowest BCUT2D eigenvalue weighted by molar-refractivity contribution is 0.0921. The number of amides is 1. The van der Waals surface area contributed by atoms with Crippen molar-refractivity contribution in [3.8, 4) is 11.5 Å². The van der Waals surface area contributed by atoms with E-state index >= 15 is 0 Å². The van der Waals surface area contributed by atoms with E-state index in [0.29, 0.717) is 24.8 Å². The number of fused-ring (bicyclic) bond motifs is 1. The third-order valence-corrected chi connectivity index (χ3v) is 5.21. The SMILES string of the molecule is CC(NC(=O)c1cc(C2CC2)nn1C(C)(C)C)c1ccc2c(c1)OCCCO2. The van der Waals surface area contributed by atoms with Crippen molar-refractivity contribution in [2.45, 2.75) is 64.5 Å². The van der Waals surface area contributed by atoms with Gasteiger partial charge in [0.2, 0.25) is 0 Å². The third kappa shape index (κ3) is 3.86. The molecule has 28 heavy (non-hydrogen) atoms. The topological polar surface area (TPSA) is 65.4 Å². The number of ether oxygens (including phenoxy) is 2. The molecule has 0 spiro atoms. The van der Waals surface area contributed by atoms with E-state index in [1.165, 1.54) is 0 Å². The Morgan fingerprint density at radius 2 is 1.89 bits per heavy atom. The maximum Gasteiger partial charge on any atom is 0.270 e. The second-order valence-corrected chi connectivity index (χ2v) is 8.76. The minimum absolute atomic E-state index is 0.103. The van der Waals surface area contributed by atoms with E-state index in [1.54, 1.807) is 0 Å². The fourth-order valence-corrected chi connectivity index (χ4v) is 3.45. The van der Waals surface area contributed by atoms with Crippen LogP contribution in [0.1, 0.15) is 80.7 Å². The smallest absolute Gasteiger partial charge is 0.270 e. The van der Waals surface area contributed by atoms with E-state index in [9.17, 15) is 4.79 Å². The van der Waals surface area contributed by atoms with Crippen LogP contribution in [0, 0.1) is 0 Å².